The molecule has 26 heavy (non-hydrogen) atoms. The van der Waals surface area contributed by atoms with Gasteiger partial charge in [0, 0.05) is 38.1 Å². The molecule has 0 bridgehead atoms. The van der Waals surface area contributed by atoms with E-state index >= 15 is 0 Å². The number of halogens is 1. The van der Waals surface area contributed by atoms with E-state index in [4.69, 9.17) is 4.74 Å². The van der Waals surface area contributed by atoms with Crippen molar-refractivity contribution in [1.82, 2.24) is 24.5 Å². The highest BCUT2D eigenvalue weighted by atomic mass is 19.1. The highest BCUT2D eigenvalue weighted by Gasteiger charge is 2.32. The minimum atomic E-state index is -0.327. The standard InChI is InChI=1S/C18H21FN6O/c1-12-21-22-18-17(20-6-7-25(12)18)24-10-14(11-24)23(2)9-13-4-5-16(26-3)15(19)8-13/h4-8,14H,9-11H2,1-3H3. The van der Waals surface area contributed by atoms with E-state index in [9.17, 15) is 4.39 Å². The Kier molecular flexibility index (Phi) is 4.20. The number of aryl methyl sites for hydroxylation is 1. The summed E-state index contributed by atoms with van der Waals surface area (Å²) in [6, 6.07) is 5.48. The quantitative estimate of drug-likeness (QED) is 0.696. The number of benzene rings is 1. The van der Waals surface area contributed by atoms with Crippen LogP contribution in [0.5, 0.6) is 5.75 Å². The van der Waals surface area contributed by atoms with Crippen molar-refractivity contribution in [2.24, 2.45) is 0 Å². The monoisotopic (exact) mass is 356 g/mol. The lowest BCUT2D eigenvalue weighted by Crippen LogP contribution is -2.58. The summed E-state index contributed by atoms with van der Waals surface area (Å²) in [6.45, 7) is 4.31. The first-order valence-corrected chi connectivity index (χ1v) is 8.50. The fourth-order valence-corrected chi connectivity index (χ4v) is 3.28. The number of hydrogen-bond acceptors (Lipinski definition) is 6. The molecule has 0 aliphatic carbocycles. The molecule has 1 aliphatic rings. The Morgan fingerprint density at radius 3 is 2.85 bits per heavy atom. The number of methoxy groups -OCH3 is 1. The zero-order valence-electron chi connectivity index (χ0n) is 15.1. The summed E-state index contributed by atoms with van der Waals surface area (Å²) in [4.78, 5) is 8.89. The Bertz CT molecular complexity index is 937. The Morgan fingerprint density at radius 2 is 2.12 bits per heavy atom. The number of anilines is 1. The normalized spacial score (nSPS) is 14.9. The van der Waals surface area contributed by atoms with Gasteiger partial charge in [-0.05, 0) is 31.7 Å². The van der Waals surface area contributed by atoms with Crippen molar-refractivity contribution < 1.29 is 9.13 Å². The molecule has 0 saturated carbocycles. The van der Waals surface area contributed by atoms with E-state index in [0.29, 0.717) is 12.6 Å². The largest absolute Gasteiger partial charge is 0.494 e. The van der Waals surface area contributed by atoms with Crippen LogP contribution in [0.25, 0.3) is 5.65 Å². The average molecular weight is 356 g/mol. The van der Waals surface area contributed by atoms with Gasteiger partial charge in [0.1, 0.15) is 5.82 Å². The summed E-state index contributed by atoms with van der Waals surface area (Å²) in [5, 5.41) is 8.35. The lowest BCUT2D eigenvalue weighted by atomic mass is 10.1. The number of ether oxygens (including phenoxy) is 1. The summed E-state index contributed by atoms with van der Waals surface area (Å²) < 4.78 is 20.8. The average Bonchev–Trinajstić information content (AvgIpc) is 2.96. The van der Waals surface area contributed by atoms with Gasteiger partial charge in [-0.2, -0.15) is 0 Å². The molecule has 3 heterocycles. The number of rotatable bonds is 5. The van der Waals surface area contributed by atoms with Crippen LogP contribution in [0.1, 0.15) is 11.4 Å². The molecule has 1 aromatic carbocycles. The maximum absolute atomic E-state index is 13.9. The Labute approximate surface area is 151 Å². The fraction of sp³-hybridized carbons (Fsp3) is 0.389. The predicted octanol–water partition coefficient (Wildman–Crippen LogP) is 1.90. The second kappa shape index (κ2) is 6.53. The molecule has 1 saturated heterocycles. The maximum Gasteiger partial charge on any atom is 0.203 e. The number of hydrogen-bond donors (Lipinski definition) is 0. The summed E-state index contributed by atoms with van der Waals surface area (Å²) in [5.41, 5.74) is 1.71. The number of aromatic nitrogens is 4. The van der Waals surface area contributed by atoms with Gasteiger partial charge in [0.15, 0.2) is 17.4 Å². The number of fused-ring (bicyclic) bond motifs is 1. The van der Waals surface area contributed by atoms with E-state index in [1.54, 1.807) is 12.3 Å². The number of likely N-dealkylation sites (N-methyl/N-ethyl adjacent to an activating group) is 1. The van der Waals surface area contributed by atoms with Gasteiger partial charge in [-0.1, -0.05) is 6.07 Å². The highest BCUT2D eigenvalue weighted by Crippen LogP contribution is 2.26. The first-order chi connectivity index (χ1) is 12.6. The molecular formula is C18H21FN6O. The third-order valence-corrected chi connectivity index (χ3v) is 4.91. The molecule has 136 valence electrons. The van der Waals surface area contributed by atoms with Crippen LogP contribution in [0.3, 0.4) is 0 Å². The van der Waals surface area contributed by atoms with E-state index in [0.717, 1.165) is 35.9 Å². The van der Waals surface area contributed by atoms with E-state index in [2.05, 4.69) is 32.0 Å². The minimum Gasteiger partial charge on any atom is -0.494 e. The summed E-state index contributed by atoms with van der Waals surface area (Å²) in [7, 11) is 3.53. The van der Waals surface area contributed by atoms with Crippen LogP contribution in [0.4, 0.5) is 10.2 Å². The topological polar surface area (TPSA) is 58.8 Å². The predicted molar refractivity (Wildman–Crippen MR) is 95.9 cm³/mol. The van der Waals surface area contributed by atoms with Crippen molar-refractivity contribution in [3.8, 4) is 5.75 Å². The van der Waals surface area contributed by atoms with E-state index in [1.807, 2.05) is 23.6 Å². The molecule has 0 radical (unpaired) electrons. The van der Waals surface area contributed by atoms with Gasteiger partial charge in [0.05, 0.1) is 7.11 Å². The van der Waals surface area contributed by atoms with Crippen LogP contribution >= 0.6 is 0 Å². The highest BCUT2D eigenvalue weighted by molar-refractivity contribution is 5.65. The fourth-order valence-electron chi connectivity index (χ4n) is 3.28. The van der Waals surface area contributed by atoms with Crippen molar-refractivity contribution >= 4 is 11.5 Å². The Balaban J connectivity index is 1.41. The van der Waals surface area contributed by atoms with Crippen LogP contribution in [0.15, 0.2) is 30.6 Å². The van der Waals surface area contributed by atoms with Gasteiger partial charge in [-0.25, -0.2) is 9.37 Å². The first kappa shape index (κ1) is 16.7. The molecule has 2 aromatic heterocycles. The third kappa shape index (κ3) is 2.86. The summed E-state index contributed by atoms with van der Waals surface area (Å²) in [5.74, 6) is 1.65. The third-order valence-electron chi connectivity index (χ3n) is 4.91. The zero-order valence-corrected chi connectivity index (χ0v) is 15.1. The second-order valence-electron chi connectivity index (χ2n) is 6.63. The lowest BCUT2D eigenvalue weighted by Gasteiger charge is -2.44. The molecule has 1 aliphatic heterocycles. The Morgan fingerprint density at radius 1 is 1.31 bits per heavy atom. The molecule has 0 N–H and O–H groups in total. The molecule has 0 atom stereocenters. The van der Waals surface area contributed by atoms with Gasteiger partial charge < -0.3 is 9.64 Å². The van der Waals surface area contributed by atoms with E-state index < -0.39 is 0 Å². The van der Waals surface area contributed by atoms with Crippen molar-refractivity contribution in [2.45, 2.75) is 19.5 Å². The molecule has 0 amide bonds. The van der Waals surface area contributed by atoms with Crippen molar-refractivity contribution in [2.75, 3.05) is 32.1 Å². The van der Waals surface area contributed by atoms with E-state index in [-0.39, 0.29) is 11.6 Å². The molecule has 4 rings (SSSR count). The molecule has 3 aromatic rings. The van der Waals surface area contributed by atoms with Crippen LogP contribution in [-0.2, 0) is 6.54 Å². The molecular weight excluding hydrogens is 335 g/mol. The SMILES string of the molecule is COc1ccc(CN(C)C2CN(c3nccn4c(C)nnc34)C2)cc1F. The minimum absolute atomic E-state index is 0.272. The zero-order chi connectivity index (χ0) is 18.3. The van der Waals surface area contributed by atoms with Gasteiger partial charge in [-0.15, -0.1) is 10.2 Å². The molecule has 8 heteroatoms. The molecule has 0 spiro atoms. The van der Waals surface area contributed by atoms with Gasteiger partial charge in [0.2, 0.25) is 5.65 Å². The van der Waals surface area contributed by atoms with Gasteiger partial charge in [-0.3, -0.25) is 9.30 Å². The molecule has 7 nitrogen and oxygen atoms in total. The van der Waals surface area contributed by atoms with Crippen molar-refractivity contribution in [3.05, 3.63) is 47.8 Å². The van der Waals surface area contributed by atoms with Crippen LogP contribution in [0.2, 0.25) is 0 Å². The van der Waals surface area contributed by atoms with Crippen molar-refractivity contribution in [1.29, 1.82) is 0 Å². The number of nitrogens with zero attached hydrogens (tertiary/aromatic N) is 6. The lowest BCUT2D eigenvalue weighted by molar-refractivity contribution is 0.196. The smallest absolute Gasteiger partial charge is 0.203 e. The van der Waals surface area contributed by atoms with Crippen LogP contribution in [0, 0.1) is 12.7 Å². The van der Waals surface area contributed by atoms with Crippen LogP contribution in [-0.4, -0.2) is 57.8 Å². The summed E-state index contributed by atoms with van der Waals surface area (Å²) >= 11 is 0. The maximum atomic E-state index is 13.9. The van der Waals surface area contributed by atoms with Gasteiger partial charge >= 0.3 is 0 Å². The molecule has 1 fully saturated rings. The molecule has 0 unspecified atom stereocenters. The summed E-state index contributed by atoms with van der Waals surface area (Å²) in [6.07, 6.45) is 3.64. The second-order valence-corrected chi connectivity index (χ2v) is 6.63. The Hall–Kier alpha value is -2.74. The van der Waals surface area contributed by atoms with E-state index in [1.165, 1.54) is 13.2 Å². The first-order valence-electron chi connectivity index (χ1n) is 8.50. The van der Waals surface area contributed by atoms with Crippen molar-refractivity contribution in [3.63, 3.8) is 0 Å². The van der Waals surface area contributed by atoms with Gasteiger partial charge in [0.25, 0.3) is 0 Å². The van der Waals surface area contributed by atoms with Crippen LogP contribution < -0.4 is 9.64 Å².